The number of alkyl halides is 3. The molecule has 132 valence electrons. The zero-order valence-electron chi connectivity index (χ0n) is 13.4. The van der Waals surface area contributed by atoms with Crippen molar-refractivity contribution in [2.24, 2.45) is 11.8 Å². The molecule has 2 heterocycles. The van der Waals surface area contributed by atoms with Crippen LogP contribution in [0, 0.1) is 11.8 Å². The van der Waals surface area contributed by atoms with Crippen molar-refractivity contribution in [3.63, 3.8) is 0 Å². The average Bonchev–Trinajstić information content (AvgIpc) is 3.11. The minimum absolute atomic E-state index is 0.0177. The maximum atomic E-state index is 12.4. The lowest BCUT2D eigenvalue weighted by Crippen LogP contribution is -2.51. The maximum absolute atomic E-state index is 12.4. The van der Waals surface area contributed by atoms with Gasteiger partial charge in [0, 0.05) is 25.7 Å². The number of hydrogen-bond donors (Lipinski definition) is 1. The summed E-state index contributed by atoms with van der Waals surface area (Å²) in [7, 11) is 0. The maximum Gasteiger partial charge on any atom is 0.401 e. The second kappa shape index (κ2) is 6.87. The van der Waals surface area contributed by atoms with Gasteiger partial charge in [-0.25, -0.2) is 4.79 Å². The molecule has 3 rings (SSSR count). The van der Waals surface area contributed by atoms with E-state index < -0.39 is 12.7 Å². The van der Waals surface area contributed by atoms with Crippen LogP contribution < -0.4 is 5.32 Å². The number of likely N-dealkylation sites (tertiary alicyclic amines) is 2. The highest BCUT2D eigenvalue weighted by molar-refractivity contribution is 5.74. The molecule has 1 aliphatic carbocycles. The van der Waals surface area contributed by atoms with Gasteiger partial charge in [0.2, 0.25) is 0 Å². The van der Waals surface area contributed by atoms with Crippen LogP contribution in [0.5, 0.6) is 0 Å². The third-order valence-corrected chi connectivity index (χ3v) is 5.57. The standard InChI is InChI=1S/C16H26F3N3O/c17-16(18,19)11-21-8-6-12(10-21)9-20-15(23)22-7-2-4-13-3-1-5-14(13)22/h12-14H,1-11H2,(H,20,23)/t12-,13+,14-/m0/s1. The number of hydrogen-bond acceptors (Lipinski definition) is 2. The highest BCUT2D eigenvalue weighted by Gasteiger charge is 2.38. The van der Waals surface area contributed by atoms with Gasteiger partial charge < -0.3 is 10.2 Å². The quantitative estimate of drug-likeness (QED) is 0.862. The molecule has 1 saturated carbocycles. The lowest BCUT2D eigenvalue weighted by atomic mass is 9.92. The Hall–Kier alpha value is -0.980. The van der Waals surface area contributed by atoms with Crippen LogP contribution in [0.25, 0.3) is 0 Å². The monoisotopic (exact) mass is 333 g/mol. The predicted octanol–water partition coefficient (Wildman–Crippen LogP) is 2.84. The molecule has 2 saturated heterocycles. The zero-order valence-corrected chi connectivity index (χ0v) is 13.4. The van der Waals surface area contributed by atoms with E-state index >= 15 is 0 Å². The molecule has 23 heavy (non-hydrogen) atoms. The molecule has 4 nitrogen and oxygen atoms in total. The smallest absolute Gasteiger partial charge is 0.338 e. The summed E-state index contributed by atoms with van der Waals surface area (Å²) in [6.07, 6.45) is 2.41. The molecule has 0 unspecified atom stereocenters. The Morgan fingerprint density at radius 3 is 2.65 bits per heavy atom. The van der Waals surface area contributed by atoms with E-state index in [4.69, 9.17) is 0 Å². The summed E-state index contributed by atoms with van der Waals surface area (Å²) in [5, 5.41) is 2.97. The SMILES string of the molecule is O=C(NC[C@@H]1CCN(CC(F)(F)F)C1)N1CCC[C@H]2CCC[C@@H]21. The third-order valence-electron chi connectivity index (χ3n) is 5.57. The van der Waals surface area contributed by atoms with Gasteiger partial charge in [-0.15, -0.1) is 0 Å². The fraction of sp³-hybridized carbons (Fsp3) is 0.938. The van der Waals surface area contributed by atoms with Crippen LogP contribution >= 0.6 is 0 Å². The molecule has 3 aliphatic rings. The van der Waals surface area contributed by atoms with Crippen molar-refractivity contribution >= 4 is 6.03 Å². The van der Waals surface area contributed by atoms with Gasteiger partial charge in [-0.3, -0.25) is 4.90 Å². The Morgan fingerprint density at radius 2 is 1.87 bits per heavy atom. The van der Waals surface area contributed by atoms with Crippen molar-refractivity contribution < 1.29 is 18.0 Å². The van der Waals surface area contributed by atoms with Crippen molar-refractivity contribution in [2.75, 3.05) is 32.7 Å². The molecule has 0 aromatic heterocycles. The van der Waals surface area contributed by atoms with Crippen molar-refractivity contribution in [2.45, 2.75) is 50.7 Å². The summed E-state index contributed by atoms with van der Waals surface area (Å²) in [6.45, 7) is 1.35. The van der Waals surface area contributed by atoms with E-state index in [1.165, 1.54) is 24.2 Å². The minimum Gasteiger partial charge on any atom is -0.338 e. The normalized spacial score (nSPS) is 32.1. The summed E-state index contributed by atoms with van der Waals surface area (Å²) in [4.78, 5) is 15.8. The van der Waals surface area contributed by atoms with Crippen LogP contribution in [0.4, 0.5) is 18.0 Å². The molecule has 3 atom stereocenters. The molecule has 0 aromatic carbocycles. The summed E-state index contributed by atoms with van der Waals surface area (Å²) >= 11 is 0. The van der Waals surface area contributed by atoms with E-state index in [1.54, 1.807) is 0 Å². The van der Waals surface area contributed by atoms with Crippen molar-refractivity contribution in [1.29, 1.82) is 0 Å². The topological polar surface area (TPSA) is 35.6 Å². The van der Waals surface area contributed by atoms with E-state index in [2.05, 4.69) is 5.32 Å². The molecule has 3 fully saturated rings. The second-order valence-corrected chi connectivity index (χ2v) is 7.29. The number of halogens is 3. The zero-order chi connectivity index (χ0) is 16.4. The number of carbonyl (C=O) groups excluding carboxylic acids is 1. The molecule has 2 aliphatic heterocycles. The highest BCUT2D eigenvalue weighted by atomic mass is 19.4. The Bertz CT molecular complexity index is 429. The van der Waals surface area contributed by atoms with E-state index in [1.807, 2.05) is 4.90 Å². The number of nitrogens with zero attached hydrogens (tertiary/aromatic N) is 2. The number of urea groups is 1. The van der Waals surface area contributed by atoms with Crippen LogP contribution in [0.3, 0.4) is 0 Å². The Labute approximate surface area is 135 Å². The second-order valence-electron chi connectivity index (χ2n) is 7.29. The molecule has 7 heteroatoms. The lowest BCUT2D eigenvalue weighted by Gasteiger charge is -2.37. The molecule has 0 bridgehead atoms. The van der Waals surface area contributed by atoms with E-state index in [9.17, 15) is 18.0 Å². The lowest BCUT2D eigenvalue weighted by molar-refractivity contribution is -0.143. The summed E-state index contributed by atoms with van der Waals surface area (Å²) < 4.78 is 37.2. The van der Waals surface area contributed by atoms with Crippen LogP contribution in [0.2, 0.25) is 0 Å². The van der Waals surface area contributed by atoms with E-state index in [-0.39, 0.29) is 11.9 Å². The fourth-order valence-corrected chi connectivity index (χ4v) is 4.52. The largest absolute Gasteiger partial charge is 0.401 e. The Kier molecular flexibility index (Phi) is 5.04. The first kappa shape index (κ1) is 16.9. The average molecular weight is 333 g/mol. The van der Waals surface area contributed by atoms with Crippen molar-refractivity contribution in [1.82, 2.24) is 15.1 Å². The van der Waals surface area contributed by atoms with Gasteiger partial charge in [0.15, 0.2) is 0 Å². The first-order valence-corrected chi connectivity index (χ1v) is 8.76. The third kappa shape index (κ3) is 4.31. The molecule has 1 N–H and O–H groups in total. The van der Waals surface area contributed by atoms with E-state index in [0.717, 1.165) is 25.8 Å². The summed E-state index contributed by atoms with van der Waals surface area (Å²) in [6, 6.07) is 0.366. The highest BCUT2D eigenvalue weighted by Crippen LogP contribution is 2.36. The molecular weight excluding hydrogens is 307 g/mol. The van der Waals surface area contributed by atoms with Gasteiger partial charge in [0.25, 0.3) is 0 Å². The minimum atomic E-state index is -4.14. The molecule has 2 amide bonds. The number of fused-ring (bicyclic) bond motifs is 1. The predicted molar refractivity (Wildman–Crippen MR) is 81.1 cm³/mol. The van der Waals surface area contributed by atoms with E-state index in [0.29, 0.717) is 31.6 Å². The van der Waals surface area contributed by atoms with Gasteiger partial charge >= 0.3 is 12.2 Å². The van der Waals surface area contributed by atoms with Gasteiger partial charge in [-0.1, -0.05) is 6.42 Å². The van der Waals surface area contributed by atoms with Crippen molar-refractivity contribution in [3.8, 4) is 0 Å². The summed E-state index contributed by atoms with van der Waals surface area (Å²) in [5.41, 5.74) is 0. The summed E-state index contributed by atoms with van der Waals surface area (Å²) in [5.74, 6) is 0.786. The van der Waals surface area contributed by atoms with Crippen LogP contribution in [-0.2, 0) is 0 Å². The number of amides is 2. The number of nitrogens with one attached hydrogen (secondary N) is 1. The Balaban J connectivity index is 1.43. The van der Waals surface area contributed by atoms with Crippen molar-refractivity contribution in [3.05, 3.63) is 0 Å². The molecule has 0 spiro atoms. The first-order valence-electron chi connectivity index (χ1n) is 8.76. The van der Waals surface area contributed by atoms with Crippen LogP contribution in [0.1, 0.15) is 38.5 Å². The molecule has 0 radical (unpaired) electrons. The van der Waals surface area contributed by atoms with Gasteiger partial charge in [-0.2, -0.15) is 13.2 Å². The molecule has 0 aromatic rings. The van der Waals surface area contributed by atoms with Crippen LogP contribution in [0.15, 0.2) is 0 Å². The fourth-order valence-electron chi connectivity index (χ4n) is 4.52. The van der Waals surface area contributed by atoms with Gasteiger partial charge in [0.1, 0.15) is 0 Å². The van der Waals surface area contributed by atoms with Crippen LogP contribution in [-0.4, -0.2) is 60.8 Å². The first-order chi connectivity index (χ1) is 10.9. The Morgan fingerprint density at radius 1 is 1.09 bits per heavy atom. The number of rotatable bonds is 3. The number of piperidine rings is 1. The van der Waals surface area contributed by atoms with Gasteiger partial charge in [-0.05, 0) is 50.5 Å². The van der Waals surface area contributed by atoms with Gasteiger partial charge in [0.05, 0.1) is 6.54 Å². The molecular formula is C16H26F3N3O. The number of carbonyl (C=O) groups is 1.